The zero-order chi connectivity index (χ0) is 17.2. The zero-order valence-electron chi connectivity index (χ0n) is 13.7. The van der Waals surface area contributed by atoms with Gasteiger partial charge in [0.15, 0.2) is 5.78 Å². The summed E-state index contributed by atoms with van der Waals surface area (Å²) < 4.78 is 0. The highest BCUT2D eigenvalue weighted by Gasteiger charge is 2.41. The van der Waals surface area contributed by atoms with E-state index < -0.39 is 0 Å². The van der Waals surface area contributed by atoms with E-state index in [-0.39, 0.29) is 17.9 Å². The maximum absolute atomic E-state index is 13.0. The zero-order valence-corrected chi connectivity index (χ0v) is 14.4. The maximum Gasteiger partial charge on any atom is 0.162 e. The summed E-state index contributed by atoms with van der Waals surface area (Å²) in [6.07, 6.45) is 0.506. The lowest BCUT2D eigenvalue weighted by Gasteiger charge is -2.32. The molecular weight excluding hydrogens is 330 g/mol. The molecule has 0 radical (unpaired) electrons. The summed E-state index contributed by atoms with van der Waals surface area (Å²) in [5.41, 5.74) is 3.20. The van der Waals surface area contributed by atoms with E-state index in [2.05, 4.69) is 29.2 Å². The van der Waals surface area contributed by atoms with Crippen molar-refractivity contribution in [2.24, 2.45) is 0 Å². The fourth-order valence-electron chi connectivity index (χ4n) is 3.61. The van der Waals surface area contributed by atoms with Crippen molar-refractivity contribution < 1.29 is 4.79 Å². The molecule has 0 amide bonds. The summed E-state index contributed by atoms with van der Waals surface area (Å²) in [6, 6.07) is 27.8. The molecule has 1 heterocycles. The van der Waals surface area contributed by atoms with Crippen LogP contribution in [0.4, 0.5) is 5.69 Å². The first-order valence-corrected chi connectivity index (χ1v) is 8.78. The Kier molecular flexibility index (Phi) is 4.29. The third kappa shape index (κ3) is 3.06. The molecule has 0 N–H and O–H groups in total. The summed E-state index contributed by atoms with van der Waals surface area (Å²) in [4.78, 5) is 15.2. The number of anilines is 1. The highest BCUT2D eigenvalue weighted by molar-refractivity contribution is 6.30. The van der Waals surface area contributed by atoms with E-state index in [9.17, 15) is 4.79 Å². The summed E-state index contributed by atoms with van der Waals surface area (Å²) in [6.45, 7) is 0. The van der Waals surface area contributed by atoms with Crippen LogP contribution >= 0.6 is 11.6 Å². The highest BCUT2D eigenvalue weighted by Crippen LogP contribution is 2.44. The molecule has 1 fully saturated rings. The summed E-state index contributed by atoms with van der Waals surface area (Å²) in [7, 11) is 0. The van der Waals surface area contributed by atoms with Crippen LogP contribution in [0.2, 0.25) is 5.02 Å². The van der Waals surface area contributed by atoms with Crippen molar-refractivity contribution in [1.82, 2.24) is 0 Å². The van der Waals surface area contributed by atoms with Gasteiger partial charge in [0.25, 0.3) is 0 Å². The minimum absolute atomic E-state index is 0.0387. The van der Waals surface area contributed by atoms with Crippen molar-refractivity contribution in [1.29, 1.82) is 0 Å². The minimum atomic E-state index is -0.287. The second-order valence-electron chi connectivity index (χ2n) is 6.29. The number of hydrogen-bond donors (Lipinski definition) is 0. The Labute approximate surface area is 152 Å². The highest BCUT2D eigenvalue weighted by atomic mass is 35.5. The number of para-hydroxylation sites is 1. The molecule has 2 nitrogen and oxygen atoms in total. The molecule has 0 unspecified atom stereocenters. The molecule has 124 valence electrons. The predicted octanol–water partition coefficient (Wildman–Crippen LogP) is 5.60. The number of ketones is 1. The number of carbonyl (C=O) groups is 1. The van der Waals surface area contributed by atoms with Crippen LogP contribution in [0.1, 0.15) is 29.6 Å². The molecule has 0 bridgehead atoms. The molecule has 3 heteroatoms. The summed E-state index contributed by atoms with van der Waals surface area (Å²) in [5.74, 6) is 0.236. The van der Waals surface area contributed by atoms with Gasteiger partial charge in [0.05, 0.1) is 6.04 Å². The van der Waals surface area contributed by atoms with Crippen LogP contribution in [0.5, 0.6) is 0 Å². The van der Waals surface area contributed by atoms with E-state index >= 15 is 0 Å². The van der Waals surface area contributed by atoms with Crippen molar-refractivity contribution >= 4 is 23.1 Å². The second-order valence-corrected chi connectivity index (χ2v) is 6.73. The van der Waals surface area contributed by atoms with Gasteiger partial charge in [-0.15, -0.1) is 0 Å². The van der Waals surface area contributed by atoms with Crippen molar-refractivity contribution in [3.8, 4) is 0 Å². The van der Waals surface area contributed by atoms with Crippen LogP contribution in [-0.4, -0.2) is 5.78 Å². The van der Waals surface area contributed by atoms with Crippen molar-refractivity contribution in [2.75, 3.05) is 4.90 Å². The molecular formula is C22H18ClNO. The Bertz CT molecular complexity index is 862. The normalized spacial score (nSPS) is 20.0. The number of Topliss-reactive ketones (excluding diaryl/α,β-unsaturated/α-hetero) is 1. The molecule has 25 heavy (non-hydrogen) atoms. The lowest BCUT2D eigenvalue weighted by Crippen LogP contribution is -2.27. The van der Waals surface area contributed by atoms with Gasteiger partial charge in [0.2, 0.25) is 0 Å². The molecule has 0 saturated carbocycles. The van der Waals surface area contributed by atoms with Crippen LogP contribution in [0.15, 0.2) is 84.9 Å². The van der Waals surface area contributed by atoms with Gasteiger partial charge in [-0.1, -0.05) is 72.3 Å². The van der Waals surface area contributed by atoms with Crippen molar-refractivity contribution in [3.05, 3.63) is 101 Å². The average molecular weight is 348 g/mol. The first kappa shape index (κ1) is 15.9. The van der Waals surface area contributed by atoms with Gasteiger partial charge >= 0.3 is 0 Å². The Balaban J connectivity index is 1.82. The van der Waals surface area contributed by atoms with Crippen LogP contribution in [0.25, 0.3) is 0 Å². The molecule has 3 aromatic rings. The number of halogens is 1. The molecule has 0 spiro atoms. The van der Waals surface area contributed by atoms with Gasteiger partial charge in [0.1, 0.15) is 6.04 Å². The van der Waals surface area contributed by atoms with Gasteiger partial charge in [-0.05, 0) is 35.4 Å². The number of rotatable bonds is 3. The van der Waals surface area contributed by atoms with Crippen molar-refractivity contribution in [2.45, 2.75) is 18.5 Å². The third-order valence-electron chi connectivity index (χ3n) is 4.74. The molecule has 1 aliphatic rings. The first-order chi connectivity index (χ1) is 12.2. The number of carbonyl (C=O) groups excluding carboxylic acids is 1. The molecule has 3 aromatic carbocycles. The van der Waals surface area contributed by atoms with Crippen LogP contribution in [-0.2, 0) is 4.79 Å². The summed E-state index contributed by atoms with van der Waals surface area (Å²) >= 11 is 6.03. The van der Waals surface area contributed by atoms with Gasteiger partial charge < -0.3 is 4.90 Å². The number of nitrogens with zero attached hydrogens (tertiary/aromatic N) is 1. The standard InChI is InChI=1S/C22H18ClNO/c23-18-13-11-17(12-14-18)22-21(25)15-20(16-7-3-1-4-8-16)24(22)19-9-5-2-6-10-19/h1-14,20,22H,15H2/t20-,22+/m1/s1. The smallest absolute Gasteiger partial charge is 0.162 e. The molecule has 4 rings (SSSR count). The molecule has 0 aromatic heterocycles. The summed E-state index contributed by atoms with van der Waals surface area (Å²) in [5, 5.41) is 0.681. The minimum Gasteiger partial charge on any atom is -0.350 e. The SMILES string of the molecule is O=C1C[C@H](c2ccccc2)N(c2ccccc2)[C@H]1c1ccc(Cl)cc1. The van der Waals surface area contributed by atoms with E-state index in [4.69, 9.17) is 11.6 Å². The largest absolute Gasteiger partial charge is 0.350 e. The lowest BCUT2D eigenvalue weighted by atomic mass is 10.0. The van der Waals surface area contributed by atoms with Gasteiger partial charge in [-0.2, -0.15) is 0 Å². The first-order valence-electron chi connectivity index (χ1n) is 8.40. The third-order valence-corrected chi connectivity index (χ3v) is 4.99. The van der Waals surface area contributed by atoms with Crippen LogP contribution in [0.3, 0.4) is 0 Å². The second kappa shape index (κ2) is 6.73. The topological polar surface area (TPSA) is 20.3 Å². The fourth-order valence-corrected chi connectivity index (χ4v) is 3.74. The van der Waals surface area contributed by atoms with Gasteiger partial charge in [-0.3, -0.25) is 4.79 Å². The Morgan fingerprint density at radius 2 is 1.36 bits per heavy atom. The average Bonchev–Trinajstić information content (AvgIpc) is 3.01. The van der Waals surface area contributed by atoms with Gasteiger partial charge in [0, 0.05) is 17.1 Å². The van der Waals surface area contributed by atoms with E-state index in [1.807, 2.05) is 60.7 Å². The van der Waals surface area contributed by atoms with Crippen LogP contribution < -0.4 is 4.90 Å². The fraction of sp³-hybridized carbons (Fsp3) is 0.136. The van der Waals surface area contributed by atoms with Crippen LogP contribution in [0, 0.1) is 0 Å². The number of hydrogen-bond acceptors (Lipinski definition) is 2. The Morgan fingerprint density at radius 1 is 0.760 bits per heavy atom. The molecule has 0 aliphatic carbocycles. The molecule has 1 aliphatic heterocycles. The quantitative estimate of drug-likeness (QED) is 0.614. The van der Waals surface area contributed by atoms with Gasteiger partial charge in [-0.25, -0.2) is 0 Å². The number of benzene rings is 3. The molecule has 1 saturated heterocycles. The predicted molar refractivity (Wildman–Crippen MR) is 102 cm³/mol. The Morgan fingerprint density at radius 3 is 2.00 bits per heavy atom. The molecule has 2 atom stereocenters. The lowest BCUT2D eigenvalue weighted by molar-refractivity contribution is -0.118. The van der Waals surface area contributed by atoms with E-state index in [1.54, 1.807) is 0 Å². The van der Waals surface area contributed by atoms with E-state index in [0.29, 0.717) is 11.4 Å². The maximum atomic E-state index is 13.0. The van der Waals surface area contributed by atoms with Crippen molar-refractivity contribution in [3.63, 3.8) is 0 Å². The van der Waals surface area contributed by atoms with E-state index in [1.165, 1.54) is 0 Å². The monoisotopic (exact) mass is 347 g/mol. The Hall–Kier alpha value is -2.58. The van der Waals surface area contributed by atoms with E-state index in [0.717, 1.165) is 16.8 Å².